The molecule has 4 nitrogen and oxygen atoms in total. The van der Waals surface area contributed by atoms with Crippen molar-refractivity contribution in [3.8, 4) is 0 Å². The van der Waals surface area contributed by atoms with Crippen LogP contribution in [-0.4, -0.2) is 43.6 Å². The fourth-order valence-corrected chi connectivity index (χ4v) is 1.93. The number of aliphatic imine (C=N–C) groups is 1. The summed E-state index contributed by atoms with van der Waals surface area (Å²) >= 11 is 0. The van der Waals surface area contributed by atoms with Gasteiger partial charge in [-0.05, 0) is 40.3 Å². The Balaban J connectivity index is 0.00000441. The van der Waals surface area contributed by atoms with Crippen LogP contribution in [0, 0.1) is 6.92 Å². The molecule has 0 amide bonds. The van der Waals surface area contributed by atoms with Crippen molar-refractivity contribution in [2.24, 2.45) is 4.99 Å². The zero-order valence-electron chi connectivity index (χ0n) is 14.5. The van der Waals surface area contributed by atoms with Crippen LogP contribution in [0.1, 0.15) is 31.9 Å². The molecule has 2 N–H and O–H groups in total. The smallest absolute Gasteiger partial charge is 0.191 e. The number of hydrogen-bond acceptors (Lipinski definition) is 2. The Hall–Kier alpha value is -0.820. The van der Waals surface area contributed by atoms with Crippen molar-refractivity contribution in [2.45, 2.75) is 40.3 Å². The van der Waals surface area contributed by atoms with E-state index in [1.54, 1.807) is 0 Å². The van der Waals surface area contributed by atoms with Gasteiger partial charge < -0.3 is 15.5 Å². The number of rotatable bonds is 7. The molecule has 0 unspecified atom stereocenters. The lowest BCUT2D eigenvalue weighted by Crippen LogP contribution is -2.42. The van der Waals surface area contributed by atoms with E-state index in [0.29, 0.717) is 12.6 Å². The first-order valence-corrected chi connectivity index (χ1v) is 7.81. The lowest BCUT2D eigenvalue weighted by atomic mass is 10.1. The van der Waals surface area contributed by atoms with Crippen molar-refractivity contribution in [1.82, 2.24) is 15.5 Å². The summed E-state index contributed by atoms with van der Waals surface area (Å²) in [5, 5.41) is 6.68. The Kier molecular flexibility index (Phi) is 11.3. The van der Waals surface area contributed by atoms with Crippen molar-refractivity contribution in [2.75, 3.05) is 26.7 Å². The molecule has 0 heterocycles. The molecule has 0 aliphatic carbocycles. The predicted octanol–water partition coefficient (Wildman–Crippen LogP) is 3.01. The molecule has 0 radical (unpaired) electrons. The summed E-state index contributed by atoms with van der Waals surface area (Å²) in [6.07, 6.45) is 0. The van der Waals surface area contributed by atoms with Gasteiger partial charge in [0.15, 0.2) is 5.96 Å². The zero-order chi connectivity index (χ0) is 15.7. The molecule has 0 bridgehead atoms. The maximum absolute atomic E-state index is 4.64. The van der Waals surface area contributed by atoms with Crippen molar-refractivity contribution in [3.05, 3.63) is 35.4 Å². The summed E-state index contributed by atoms with van der Waals surface area (Å²) in [4.78, 5) is 6.96. The fraction of sp³-hybridized carbons (Fsp3) is 0.588. The molecule has 5 heteroatoms. The highest BCUT2D eigenvalue weighted by Crippen LogP contribution is 2.04. The Morgan fingerprint density at radius 1 is 1.27 bits per heavy atom. The second-order valence-corrected chi connectivity index (χ2v) is 5.69. The Bertz CT molecular complexity index is 446. The van der Waals surface area contributed by atoms with Gasteiger partial charge in [0.05, 0.1) is 6.54 Å². The van der Waals surface area contributed by atoms with Crippen LogP contribution < -0.4 is 10.6 Å². The molecule has 0 aliphatic heterocycles. The van der Waals surface area contributed by atoms with Crippen molar-refractivity contribution in [3.63, 3.8) is 0 Å². The zero-order valence-corrected chi connectivity index (χ0v) is 16.8. The number of aryl methyl sites for hydroxylation is 1. The number of halogens is 1. The van der Waals surface area contributed by atoms with Crippen molar-refractivity contribution < 1.29 is 0 Å². The van der Waals surface area contributed by atoms with Crippen LogP contribution in [-0.2, 0) is 6.54 Å². The third-order valence-corrected chi connectivity index (χ3v) is 3.48. The molecule has 0 saturated heterocycles. The summed E-state index contributed by atoms with van der Waals surface area (Å²) in [6, 6.07) is 9.06. The van der Waals surface area contributed by atoms with E-state index in [2.05, 4.69) is 79.5 Å². The van der Waals surface area contributed by atoms with E-state index < -0.39 is 0 Å². The first kappa shape index (κ1) is 21.2. The standard InChI is InChI=1S/C17H30N4.HI/c1-6-18-17(19-10-11-21(5)14(2)3)20-13-16-9-7-8-15(4)12-16;/h7-9,12,14H,6,10-11,13H2,1-5H3,(H2,18,19,20);1H. The molecule has 1 aromatic rings. The monoisotopic (exact) mass is 418 g/mol. The van der Waals surface area contributed by atoms with E-state index in [9.17, 15) is 0 Å². The topological polar surface area (TPSA) is 39.7 Å². The van der Waals surface area contributed by atoms with E-state index in [1.807, 2.05) is 0 Å². The quantitative estimate of drug-likeness (QED) is 0.406. The lowest BCUT2D eigenvalue weighted by Gasteiger charge is -2.21. The van der Waals surface area contributed by atoms with Crippen molar-refractivity contribution >= 4 is 29.9 Å². The van der Waals surface area contributed by atoms with E-state index >= 15 is 0 Å². The molecule has 1 aromatic carbocycles. The summed E-state index contributed by atoms with van der Waals surface area (Å²) < 4.78 is 0. The van der Waals surface area contributed by atoms with Crippen LogP contribution in [0.5, 0.6) is 0 Å². The molecular formula is C17H31IN4. The number of hydrogen-bond donors (Lipinski definition) is 2. The summed E-state index contributed by atoms with van der Waals surface area (Å²) in [5.41, 5.74) is 2.52. The number of nitrogens with zero attached hydrogens (tertiary/aromatic N) is 2. The molecule has 0 fully saturated rings. The van der Waals surface area contributed by atoms with Crippen LogP contribution in [0.4, 0.5) is 0 Å². The van der Waals surface area contributed by atoms with Crippen LogP contribution in [0.15, 0.2) is 29.3 Å². The molecule has 126 valence electrons. The molecule has 22 heavy (non-hydrogen) atoms. The molecular weight excluding hydrogens is 387 g/mol. The van der Waals surface area contributed by atoms with Crippen LogP contribution in [0.2, 0.25) is 0 Å². The maximum Gasteiger partial charge on any atom is 0.191 e. The number of benzene rings is 1. The minimum absolute atomic E-state index is 0. The third kappa shape index (κ3) is 8.58. The second kappa shape index (κ2) is 11.7. The van der Waals surface area contributed by atoms with E-state index in [4.69, 9.17) is 0 Å². The molecule has 0 saturated carbocycles. The van der Waals surface area contributed by atoms with E-state index in [1.165, 1.54) is 11.1 Å². The highest BCUT2D eigenvalue weighted by Gasteiger charge is 2.03. The first-order chi connectivity index (χ1) is 10.0. The Morgan fingerprint density at radius 2 is 2.00 bits per heavy atom. The molecule has 0 aromatic heterocycles. The van der Waals surface area contributed by atoms with E-state index in [0.717, 1.165) is 25.6 Å². The average Bonchev–Trinajstić information content (AvgIpc) is 2.44. The Morgan fingerprint density at radius 3 is 2.59 bits per heavy atom. The van der Waals surface area contributed by atoms with Gasteiger partial charge in [0.1, 0.15) is 0 Å². The van der Waals surface area contributed by atoms with E-state index in [-0.39, 0.29) is 24.0 Å². The van der Waals surface area contributed by atoms with Gasteiger partial charge in [-0.25, -0.2) is 4.99 Å². The second-order valence-electron chi connectivity index (χ2n) is 5.69. The van der Waals surface area contributed by atoms with Crippen LogP contribution >= 0.6 is 24.0 Å². The minimum atomic E-state index is 0. The number of guanidine groups is 1. The van der Waals surface area contributed by atoms with Crippen LogP contribution in [0.25, 0.3) is 0 Å². The lowest BCUT2D eigenvalue weighted by molar-refractivity contribution is 0.278. The van der Waals surface area contributed by atoms with Gasteiger partial charge in [-0.3, -0.25) is 0 Å². The summed E-state index contributed by atoms with van der Waals surface area (Å²) in [6.45, 7) is 12.1. The molecule has 0 spiro atoms. The van der Waals surface area contributed by atoms with Gasteiger partial charge in [0, 0.05) is 25.7 Å². The highest BCUT2D eigenvalue weighted by atomic mass is 127. The van der Waals surface area contributed by atoms with Gasteiger partial charge in [0.25, 0.3) is 0 Å². The predicted molar refractivity (Wildman–Crippen MR) is 107 cm³/mol. The first-order valence-electron chi connectivity index (χ1n) is 7.81. The van der Waals surface area contributed by atoms with Gasteiger partial charge in [-0.15, -0.1) is 24.0 Å². The van der Waals surface area contributed by atoms with Gasteiger partial charge in [0.2, 0.25) is 0 Å². The SMILES string of the molecule is CCNC(=NCc1cccc(C)c1)NCCN(C)C(C)C.I. The van der Waals surface area contributed by atoms with Crippen molar-refractivity contribution in [1.29, 1.82) is 0 Å². The number of nitrogens with one attached hydrogen (secondary N) is 2. The third-order valence-electron chi connectivity index (χ3n) is 3.48. The number of likely N-dealkylation sites (N-methyl/N-ethyl adjacent to an activating group) is 1. The summed E-state index contributed by atoms with van der Waals surface area (Å²) in [7, 11) is 2.14. The molecule has 0 atom stereocenters. The van der Waals surface area contributed by atoms with Gasteiger partial charge in [-0.2, -0.15) is 0 Å². The van der Waals surface area contributed by atoms with Crippen LogP contribution in [0.3, 0.4) is 0 Å². The fourth-order valence-electron chi connectivity index (χ4n) is 1.93. The van der Waals surface area contributed by atoms with Gasteiger partial charge in [-0.1, -0.05) is 29.8 Å². The summed E-state index contributed by atoms with van der Waals surface area (Å²) in [5.74, 6) is 0.885. The largest absolute Gasteiger partial charge is 0.357 e. The van der Waals surface area contributed by atoms with Gasteiger partial charge >= 0.3 is 0 Å². The minimum Gasteiger partial charge on any atom is -0.357 e. The normalized spacial score (nSPS) is 11.5. The molecule has 1 rings (SSSR count). The molecule has 0 aliphatic rings. The average molecular weight is 418 g/mol. The Labute approximate surface area is 152 Å². The highest BCUT2D eigenvalue weighted by molar-refractivity contribution is 14.0. The maximum atomic E-state index is 4.64.